The van der Waals surface area contributed by atoms with Gasteiger partial charge in [0.15, 0.2) is 0 Å². The van der Waals surface area contributed by atoms with E-state index in [1.807, 2.05) is 0 Å². The molecule has 0 aromatic rings. The van der Waals surface area contributed by atoms with Crippen molar-refractivity contribution in [3.63, 3.8) is 0 Å². The second-order valence-electron chi connectivity index (χ2n) is 3.10. The summed E-state index contributed by atoms with van der Waals surface area (Å²) in [6, 6.07) is 0. The summed E-state index contributed by atoms with van der Waals surface area (Å²) in [5.74, 6) is 0.782. The molecule has 0 saturated carbocycles. The minimum absolute atomic E-state index is 0.782. The predicted octanol–water partition coefficient (Wildman–Crippen LogP) is 1.51. The Kier molecular flexibility index (Phi) is 10.9. The van der Waals surface area contributed by atoms with Gasteiger partial charge in [-0.3, -0.25) is 9.11 Å². The van der Waals surface area contributed by atoms with Crippen LogP contribution >= 0.6 is 0 Å². The van der Waals surface area contributed by atoms with Crippen LogP contribution in [0.15, 0.2) is 0 Å². The fourth-order valence-electron chi connectivity index (χ4n) is 0.981. The SMILES string of the molecule is CCCCC(CC)CN.O=S(=O)(O)O. The van der Waals surface area contributed by atoms with Crippen molar-refractivity contribution in [2.24, 2.45) is 11.7 Å². The molecule has 5 nitrogen and oxygen atoms in total. The van der Waals surface area contributed by atoms with Crippen molar-refractivity contribution >= 4 is 10.4 Å². The van der Waals surface area contributed by atoms with E-state index in [-0.39, 0.29) is 0 Å². The number of unbranched alkanes of at least 4 members (excludes halogenated alkanes) is 1. The monoisotopic (exact) mass is 227 g/mol. The molecule has 14 heavy (non-hydrogen) atoms. The van der Waals surface area contributed by atoms with Crippen LogP contribution in [0.5, 0.6) is 0 Å². The molecule has 88 valence electrons. The predicted molar refractivity (Wildman–Crippen MR) is 56.5 cm³/mol. The van der Waals surface area contributed by atoms with Crippen LogP contribution in [0.3, 0.4) is 0 Å². The Morgan fingerprint density at radius 2 is 1.71 bits per heavy atom. The Morgan fingerprint density at radius 3 is 1.93 bits per heavy atom. The fourth-order valence-corrected chi connectivity index (χ4v) is 0.981. The smallest absolute Gasteiger partial charge is 0.330 e. The number of hydrogen-bond donors (Lipinski definition) is 3. The molecule has 0 radical (unpaired) electrons. The van der Waals surface area contributed by atoms with Crippen molar-refractivity contribution in [2.75, 3.05) is 6.54 Å². The normalized spacial score (nSPS) is 12.9. The van der Waals surface area contributed by atoms with Crippen LogP contribution in [0.1, 0.15) is 39.5 Å². The van der Waals surface area contributed by atoms with Crippen molar-refractivity contribution in [2.45, 2.75) is 39.5 Å². The summed E-state index contributed by atoms with van der Waals surface area (Å²) >= 11 is 0. The zero-order chi connectivity index (χ0) is 11.6. The van der Waals surface area contributed by atoms with Crippen molar-refractivity contribution < 1.29 is 17.5 Å². The van der Waals surface area contributed by atoms with E-state index in [9.17, 15) is 0 Å². The van der Waals surface area contributed by atoms with E-state index in [1.165, 1.54) is 25.7 Å². The zero-order valence-electron chi connectivity index (χ0n) is 8.81. The molecular formula is C8H21NO4S. The maximum absolute atomic E-state index is 8.74. The summed E-state index contributed by atoms with van der Waals surface area (Å²) in [4.78, 5) is 0. The summed E-state index contributed by atoms with van der Waals surface area (Å²) in [5, 5.41) is 0. The van der Waals surface area contributed by atoms with E-state index in [1.54, 1.807) is 0 Å². The van der Waals surface area contributed by atoms with E-state index in [4.69, 9.17) is 23.3 Å². The minimum atomic E-state index is -4.67. The molecule has 4 N–H and O–H groups in total. The minimum Gasteiger partial charge on any atom is -0.330 e. The topological polar surface area (TPSA) is 101 Å². The lowest BCUT2D eigenvalue weighted by Crippen LogP contribution is -2.12. The van der Waals surface area contributed by atoms with Gasteiger partial charge in [0, 0.05) is 0 Å². The molecule has 0 bridgehead atoms. The van der Waals surface area contributed by atoms with Crippen LogP contribution in [-0.4, -0.2) is 24.1 Å². The third kappa shape index (κ3) is 22.6. The van der Waals surface area contributed by atoms with Crippen molar-refractivity contribution in [1.29, 1.82) is 0 Å². The summed E-state index contributed by atoms with van der Waals surface area (Å²) in [7, 11) is -4.67. The summed E-state index contributed by atoms with van der Waals surface area (Å²) < 4.78 is 31.6. The van der Waals surface area contributed by atoms with Gasteiger partial charge in [-0.05, 0) is 18.9 Å². The molecule has 0 heterocycles. The van der Waals surface area contributed by atoms with Crippen LogP contribution in [0, 0.1) is 5.92 Å². The molecule has 0 aliphatic carbocycles. The highest BCUT2D eigenvalue weighted by atomic mass is 32.3. The maximum Gasteiger partial charge on any atom is 0.394 e. The fraction of sp³-hybridized carbons (Fsp3) is 1.00. The van der Waals surface area contributed by atoms with Gasteiger partial charge in [-0.25, -0.2) is 0 Å². The van der Waals surface area contributed by atoms with Gasteiger partial charge in [0.1, 0.15) is 0 Å². The molecule has 0 aromatic heterocycles. The molecule has 0 aromatic carbocycles. The second-order valence-corrected chi connectivity index (χ2v) is 4.00. The van der Waals surface area contributed by atoms with Crippen molar-refractivity contribution in [1.82, 2.24) is 0 Å². The lowest BCUT2D eigenvalue weighted by atomic mass is 10.00. The molecule has 6 heteroatoms. The lowest BCUT2D eigenvalue weighted by molar-refractivity contribution is 0.381. The molecular weight excluding hydrogens is 206 g/mol. The first-order valence-corrected chi connectivity index (χ1v) is 6.14. The summed E-state index contributed by atoms with van der Waals surface area (Å²) in [6.45, 7) is 5.31. The first kappa shape index (κ1) is 16.3. The Bertz CT molecular complexity index is 191. The Morgan fingerprint density at radius 1 is 1.29 bits per heavy atom. The van der Waals surface area contributed by atoms with Gasteiger partial charge in [-0.2, -0.15) is 8.42 Å². The molecule has 0 aliphatic heterocycles. The highest BCUT2D eigenvalue weighted by molar-refractivity contribution is 7.79. The van der Waals surface area contributed by atoms with Crippen LogP contribution in [-0.2, 0) is 10.4 Å². The first-order chi connectivity index (χ1) is 6.35. The number of hydrogen-bond acceptors (Lipinski definition) is 3. The van der Waals surface area contributed by atoms with Gasteiger partial charge in [0.25, 0.3) is 0 Å². The Balaban J connectivity index is 0. The molecule has 0 fully saturated rings. The second kappa shape index (κ2) is 9.39. The van der Waals surface area contributed by atoms with Crippen LogP contribution in [0.25, 0.3) is 0 Å². The highest BCUT2D eigenvalue weighted by Crippen LogP contribution is 2.09. The molecule has 0 spiro atoms. The number of nitrogens with two attached hydrogens (primary N) is 1. The molecule has 0 aliphatic rings. The quantitative estimate of drug-likeness (QED) is 0.618. The van der Waals surface area contributed by atoms with Crippen LogP contribution in [0.4, 0.5) is 0 Å². The Hall–Kier alpha value is -0.170. The molecule has 0 saturated heterocycles. The maximum atomic E-state index is 8.74. The largest absolute Gasteiger partial charge is 0.394 e. The molecule has 0 amide bonds. The van der Waals surface area contributed by atoms with Gasteiger partial charge in [0.2, 0.25) is 0 Å². The third-order valence-corrected chi connectivity index (χ3v) is 1.88. The van der Waals surface area contributed by atoms with E-state index < -0.39 is 10.4 Å². The van der Waals surface area contributed by atoms with Gasteiger partial charge in [-0.15, -0.1) is 0 Å². The van der Waals surface area contributed by atoms with E-state index >= 15 is 0 Å². The van der Waals surface area contributed by atoms with E-state index in [0.29, 0.717) is 0 Å². The number of rotatable bonds is 5. The van der Waals surface area contributed by atoms with E-state index in [0.717, 1.165) is 12.5 Å². The van der Waals surface area contributed by atoms with Crippen LogP contribution < -0.4 is 5.73 Å². The average Bonchev–Trinajstić information content (AvgIpc) is 2.04. The standard InChI is InChI=1S/C8H19N.H2O4S/c1-3-5-6-8(4-2)7-9;1-5(2,3)4/h8H,3-7,9H2,1-2H3;(H2,1,2,3,4). The van der Waals surface area contributed by atoms with Gasteiger partial charge in [0.05, 0.1) is 0 Å². The third-order valence-electron chi connectivity index (χ3n) is 1.88. The van der Waals surface area contributed by atoms with E-state index in [2.05, 4.69) is 13.8 Å². The van der Waals surface area contributed by atoms with Crippen molar-refractivity contribution in [3.8, 4) is 0 Å². The molecule has 0 rings (SSSR count). The van der Waals surface area contributed by atoms with Gasteiger partial charge < -0.3 is 5.73 Å². The average molecular weight is 227 g/mol. The lowest BCUT2D eigenvalue weighted by Gasteiger charge is -2.09. The highest BCUT2D eigenvalue weighted by Gasteiger charge is 2.00. The molecule has 1 atom stereocenters. The van der Waals surface area contributed by atoms with Crippen molar-refractivity contribution in [3.05, 3.63) is 0 Å². The summed E-state index contributed by atoms with van der Waals surface area (Å²) in [5.41, 5.74) is 5.52. The molecule has 1 unspecified atom stereocenters. The first-order valence-electron chi connectivity index (χ1n) is 4.75. The summed E-state index contributed by atoms with van der Waals surface area (Å²) in [6.07, 6.45) is 5.21. The van der Waals surface area contributed by atoms with Gasteiger partial charge >= 0.3 is 10.4 Å². The van der Waals surface area contributed by atoms with Crippen LogP contribution in [0.2, 0.25) is 0 Å². The zero-order valence-corrected chi connectivity index (χ0v) is 9.63. The van der Waals surface area contributed by atoms with Gasteiger partial charge in [-0.1, -0.05) is 33.1 Å². The Labute approximate surface area is 86.3 Å².